The van der Waals surface area contributed by atoms with Crippen LogP contribution in [0.4, 0.5) is 0 Å². The van der Waals surface area contributed by atoms with Crippen molar-refractivity contribution in [2.24, 2.45) is 11.5 Å². The maximum absolute atomic E-state index is 10.5. The topological polar surface area (TPSA) is 87.6 Å². The predicted molar refractivity (Wildman–Crippen MR) is 78.8 cm³/mol. The van der Waals surface area contributed by atoms with E-state index >= 15 is 0 Å². The lowest BCUT2D eigenvalue weighted by molar-refractivity contribution is 0.112. The fourth-order valence-corrected chi connectivity index (χ4v) is 1.96. The summed E-state index contributed by atoms with van der Waals surface area (Å²) >= 11 is 0. The van der Waals surface area contributed by atoms with Crippen LogP contribution in [0.1, 0.15) is 36.0 Å². The van der Waals surface area contributed by atoms with Gasteiger partial charge in [0.15, 0.2) is 17.8 Å². The van der Waals surface area contributed by atoms with Crippen molar-refractivity contribution in [3.05, 3.63) is 35.2 Å². The first-order chi connectivity index (χ1) is 9.63. The fourth-order valence-electron chi connectivity index (χ4n) is 1.96. The van der Waals surface area contributed by atoms with Crippen molar-refractivity contribution in [1.82, 2.24) is 0 Å². The second kappa shape index (κ2) is 8.09. The van der Waals surface area contributed by atoms with E-state index in [1.807, 2.05) is 0 Å². The number of hydrogen-bond acceptors (Lipinski definition) is 5. The molecule has 20 heavy (non-hydrogen) atoms. The van der Waals surface area contributed by atoms with Crippen molar-refractivity contribution in [3.8, 4) is 11.5 Å². The molecule has 0 bridgehead atoms. The van der Waals surface area contributed by atoms with E-state index in [9.17, 15) is 4.79 Å². The van der Waals surface area contributed by atoms with Gasteiger partial charge in [-0.15, -0.1) is 0 Å². The van der Waals surface area contributed by atoms with Crippen molar-refractivity contribution < 1.29 is 14.3 Å². The fraction of sp³-hybridized carbons (Fsp3) is 0.400. The van der Waals surface area contributed by atoms with Gasteiger partial charge in [0.25, 0.3) is 0 Å². The molecule has 0 spiro atoms. The summed E-state index contributed by atoms with van der Waals surface area (Å²) in [6.07, 6.45) is 5.18. The van der Waals surface area contributed by atoms with E-state index in [4.69, 9.17) is 20.9 Å². The number of ether oxygens (including phenoxy) is 2. The number of nitrogens with two attached hydrogens (primary N) is 2. The van der Waals surface area contributed by atoms with Crippen LogP contribution in [0.25, 0.3) is 0 Å². The molecule has 0 unspecified atom stereocenters. The molecule has 1 aliphatic carbocycles. The molecule has 0 amide bonds. The van der Waals surface area contributed by atoms with Crippen LogP contribution in [0.5, 0.6) is 11.5 Å². The Morgan fingerprint density at radius 3 is 2.05 bits per heavy atom. The molecule has 1 aliphatic rings. The molecule has 0 saturated carbocycles. The molecule has 5 heteroatoms. The molecule has 0 heterocycles. The van der Waals surface area contributed by atoms with Crippen molar-refractivity contribution in [1.29, 1.82) is 0 Å². The number of hydrogen-bond donors (Lipinski definition) is 2. The van der Waals surface area contributed by atoms with E-state index in [0.29, 0.717) is 17.1 Å². The monoisotopic (exact) mass is 278 g/mol. The number of allylic oxidation sites excluding steroid dienone is 2. The molecule has 2 rings (SSSR count). The molecule has 0 aliphatic heterocycles. The normalized spacial score (nSPS) is 14.1. The van der Waals surface area contributed by atoms with Gasteiger partial charge < -0.3 is 20.9 Å². The molecule has 5 nitrogen and oxygen atoms in total. The summed E-state index contributed by atoms with van der Waals surface area (Å²) in [6, 6.07) is 5.16. The van der Waals surface area contributed by atoms with Gasteiger partial charge in [-0.25, -0.2) is 0 Å². The minimum atomic E-state index is 0.481. The number of aldehydes is 1. The number of rotatable bonds is 3. The number of para-hydroxylation sites is 1. The lowest BCUT2D eigenvalue weighted by Gasteiger charge is -2.12. The van der Waals surface area contributed by atoms with E-state index in [1.165, 1.54) is 27.1 Å². The zero-order valence-electron chi connectivity index (χ0n) is 12.0. The molecule has 4 N–H and O–H groups in total. The van der Waals surface area contributed by atoms with Crippen LogP contribution in [-0.2, 0) is 0 Å². The number of carbonyl (C=O) groups excluding carboxylic acids is 1. The van der Waals surface area contributed by atoms with Crippen LogP contribution >= 0.6 is 0 Å². The highest BCUT2D eigenvalue weighted by molar-refractivity contribution is 5.81. The first-order valence-corrected chi connectivity index (χ1v) is 6.53. The smallest absolute Gasteiger partial charge is 0.171 e. The Bertz CT molecular complexity index is 470. The number of carbonyl (C=O) groups is 1. The van der Waals surface area contributed by atoms with Gasteiger partial charge in [-0.3, -0.25) is 4.79 Å². The minimum Gasteiger partial charge on any atom is -0.493 e. The summed E-state index contributed by atoms with van der Waals surface area (Å²) in [6.45, 7) is 0. The Hall–Kier alpha value is -2.17. The molecule has 1 aromatic carbocycles. The van der Waals surface area contributed by atoms with Crippen LogP contribution < -0.4 is 20.9 Å². The lowest BCUT2D eigenvalue weighted by Crippen LogP contribution is -2.13. The Labute approximate surface area is 119 Å². The molecule has 110 valence electrons. The molecule has 0 radical (unpaired) electrons. The van der Waals surface area contributed by atoms with Crippen molar-refractivity contribution in [2.45, 2.75) is 25.7 Å². The van der Waals surface area contributed by atoms with E-state index in [2.05, 4.69) is 0 Å². The molecular weight excluding hydrogens is 256 g/mol. The Kier molecular flexibility index (Phi) is 6.43. The summed E-state index contributed by atoms with van der Waals surface area (Å²) in [5.41, 5.74) is 13.4. The van der Waals surface area contributed by atoms with Gasteiger partial charge in [0.2, 0.25) is 0 Å². The summed E-state index contributed by atoms with van der Waals surface area (Å²) in [7, 11) is 3.04. The van der Waals surface area contributed by atoms with E-state index in [-0.39, 0.29) is 0 Å². The summed E-state index contributed by atoms with van der Waals surface area (Å²) in [5, 5.41) is 0. The highest BCUT2D eigenvalue weighted by atomic mass is 16.5. The van der Waals surface area contributed by atoms with Gasteiger partial charge in [0.1, 0.15) is 0 Å². The van der Waals surface area contributed by atoms with E-state index in [0.717, 1.165) is 30.5 Å². The van der Waals surface area contributed by atoms with Crippen LogP contribution in [0.2, 0.25) is 0 Å². The molecule has 1 aromatic rings. The second-order valence-corrected chi connectivity index (χ2v) is 4.46. The Balaban J connectivity index is 0.000000217. The van der Waals surface area contributed by atoms with Gasteiger partial charge in [0, 0.05) is 11.4 Å². The third-order valence-electron chi connectivity index (χ3n) is 3.12. The van der Waals surface area contributed by atoms with Crippen molar-refractivity contribution >= 4 is 6.29 Å². The number of methoxy groups -OCH3 is 2. The highest BCUT2D eigenvalue weighted by Gasteiger charge is 2.07. The van der Waals surface area contributed by atoms with Gasteiger partial charge in [-0.2, -0.15) is 0 Å². The summed E-state index contributed by atoms with van der Waals surface area (Å²) < 4.78 is 10.00. The van der Waals surface area contributed by atoms with Gasteiger partial charge in [-0.1, -0.05) is 6.07 Å². The van der Waals surface area contributed by atoms with Crippen molar-refractivity contribution in [3.63, 3.8) is 0 Å². The SMILES string of the molecule is COc1cccc(C=O)c1OC.NC1=C(N)CCCC1. The number of benzene rings is 1. The second-order valence-electron chi connectivity index (χ2n) is 4.46. The third kappa shape index (κ3) is 4.19. The van der Waals surface area contributed by atoms with E-state index in [1.54, 1.807) is 18.2 Å². The molecule has 0 atom stereocenters. The van der Waals surface area contributed by atoms with Crippen LogP contribution in [0.15, 0.2) is 29.6 Å². The molecule has 0 saturated heterocycles. The first-order valence-electron chi connectivity index (χ1n) is 6.53. The largest absolute Gasteiger partial charge is 0.493 e. The summed E-state index contributed by atoms with van der Waals surface area (Å²) in [5.74, 6) is 1.05. The predicted octanol–water partition coefficient (Wildman–Crippen LogP) is 2.21. The van der Waals surface area contributed by atoms with Crippen molar-refractivity contribution in [2.75, 3.05) is 14.2 Å². The molecule has 0 fully saturated rings. The van der Waals surface area contributed by atoms with Crippen LogP contribution in [0.3, 0.4) is 0 Å². The zero-order valence-corrected chi connectivity index (χ0v) is 12.0. The van der Waals surface area contributed by atoms with Gasteiger partial charge >= 0.3 is 0 Å². The quantitative estimate of drug-likeness (QED) is 0.828. The lowest BCUT2D eigenvalue weighted by atomic mass is 10.0. The molecular formula is C15H22N2O3. The Morgan fingerprint density at radius 2 is 1.65 bits per heavy atom. The van der Waals surface area contributed by atoms with Gasteiger partial charge in [-0.05, 0) is 37.8 Å². The van der Waals surface area contributed by atoms with E-state index < -0.39 is 0 Å². The standard InChI is InChI=1S/C9H10O3.C6H12N2/c1-11-8-5-3-4-7(6-10)9(8)12-2;7-5-3-1-2-4-6(5)8/h3-6H,1-2H3;1-4,7-8H2. The third-order valence-corrected chi connectivity index (χ3v) is 3.12. The summed E-state index contributed by atoms with van der Waals surface area (Å²) in [4.78, 5) is 10.5. The maximum Gasteiger partial charge on any atom is 0.171 e. The average Bonchev–Trinajstić information content (AvgIpc) is 2.49. The van der Waals surface area contributed by atoms with Crippen LogP contribution in [-0.4, -0.2) is 20.5 Å². The Morgan fingerprint density at radius 1 is 1.05 bits per heavy atom. The highest BCUT2D eigenvalue weighted by Crippen LogP contribution is 2.29. The molecule has 0 aromatic heterocycles. The maximum atomic E-state index is 10.5. The average molecular weight is 278 g/mol. The van der Waals surface area contributed by atoms with Crippen LogP contribution in [0, 0.1) is 0 Å². The van der Waals surface area contributed by atoms with Gasteiger partial charge in [0.05, 0.1) is 19.8 Å². The zero-order chi connectivity index (χ0) is 15.0. The minimum absolute atomic E-state index is 0.481. The first kappa shape index (κ1) is 15.9.